The smallest absolute Gasteiger partial charge is 0.243 e. The molecule has 1 saturated heterocycles. The molecule has 2 unspecified atom stereocenters. The van der Waals surface area contributed by atoms with E-state index < -0.39 is 22.0 Å². The summed E-state index contributed by atoms with van der Waals surface area (Å²) in [5.41, 5.74) is 0. The Labute approximate surface area is 105 Å². The Morgan fingerprint density at radius 2 is 1.72 bits per heavy atom. The third-order valence-electron chi connectivity index (χ3n) is 4.13. The molecule has 18 heavy (non-hydrogen) atoms. The summed E-state index contributed by atoms with van der Waals surface area (Å²) >= 11 is 0. The molecule has 106 valence electrons. The van der Waals surface area contributed by atoms with Crippen LogP contribution in [-0.2, 0) is 10.0 Å². The Morgan fingerprint density at radius 3 is 2.33 bits per heavy atom. The zero-order valence-corrected chi connectivity index (χ0v) is 10.9. The molecule has 0 amide bonds. The molecule has 3 nitrogen and oxygen atoms in total. The maximum absolute atomic E-state index is 13.1. The molecular weight excluding hydrogens is 267 g/mol. The zero-order valence-electron chi connectivity index (χ0n) is 10.1. The summed E-state index contributed by atoms with van der Waals surface area (Å²) in [4.78, 5) is 0. The Hall–Kier alpha value is -0.300. The monoisotopic (exact) mass is 285 g/mol. The van der Waals surface area contributed by atoms with E-state index in [2.05, 4.69) is 0 Å². The number of alkyl halides is 3. The summed E-state index contributed by atoms with van der Waals surface area (Å²) in [7, 11) is -4.84. The fraction of sp³-hybridized carbons (Fsp3) is 1.00. The summed E-state index contributed by atoms with van der Waals surface area (Å²) in [5, 5.41) is -4.28. The Morgan fingerprint density at radius 1 is 1.11 bits per heavy atom. The number of nitrogens with zero attached hydrogens (tertiary/aromatic N) is 1. The molecule has 2 fully saturated rings. The van der Waals surface area contributed by atoms with Crippen LogP contribution in [0.2, 0.25) is 0 Å². The van der Waals surface area contributed by atoms with Crippen molar-refractivity contribution in [1.29, 1.82) is 0 Å². The Bertz CT molecular complexity index is 399. The van der Waals surface area contributed by atoms with Gasteiger partial charge in [-0.2, -0.15) is 13.1 Å². The van der Waals surface area contributed by atoms with Crippen molar-refractivity contribution >= 4 is 10.0 Å². The van der Waals surface area contributed by atoms with Gasteiger partial charge in [-0.15, -0.1) is 0 Å². The lowest BCUT2D eigenvalue weighted by Crippen LogP contribution is -2.50. The van der Waals surface area contributed by atoms with Crippen LogP contribution in [0, 0.1) is 11.8 Å². The highest BCUT2D eigenvalue weighted by Gasteiger charge is 2.50. The Balaban J connectivity index is 2.11. The Kier molecular flexibility index (Phi) is 3.92. The second-order valence-electron chi connectivity index (χ2n) is 5.23. The van der Waals surface area contributed by atoms with Crippen molar-refractivity contribution in [3.63, 3.8) is 0 Å². The van der Waals surface area contributed by atoms with Gasteiger partial charge in [-0.1, -0.05) is 19.3 Å². The van der Waals surface area contributed by atoms with Crippen LogP contribution in [0.4, 0.5) is 13.2 Å². The molecule has 1 heterocycles. The van der Waals surface area contributed by atoms with Crippen LogP contribution in [0.15, 0.2) is 0 Å². The maximum atomic E-state index is 13.1. The number of hydrogen-bond donors (Lipinski definition) is 0. The summed E-state index contributed by atoms with van der Waals surface area (Å²) in [6.07, 6.45) is 4.71. The first-order valence-corrected chi connectivity index (χ1v) is 7.76. The van der Waals surface area contributed by atoms with E-state index in [1.165, 1.54) is 0 Å². The fourth-order valence-corrected chi connectivity index (χ4v) is 4.29. The molecule has 0 aromatic heterocycles. The normalized spacial score (nSPS) is 31.1. The molecule has 0 radical (unpaired) electrons. The van der Waals surface area contributed by atoms with E-state index in [1.54, 1.807) is 0 Å². The van der Waals surface area contributed by atoms with Crippen LogP contribution in [0.1, 0.15) is 32.1 Å². The SMILES string of the molecule is O=S(=O)(N1CCC2CCCCC2C1)C(F)(F)CF. The van der Waals surface area contributed by atoms with Gasteiger partial charge in [0.25, 0.3) is 10.0 Å². The number of rotatable bonds is 3. The van der Waals surface area contributed by atoms with E-state index in [0.29, 0.717) is 12.3 Å². The van der Waals surface area contributed by atoms with Gasteiger partial charge >= 0.3 is 5.25 Å². The van der Waals surface area contributed by atoms with E-state index in [-0.39, 0.29) is 19.0 Å². The van der Waals surface area contributed by atoms with Gasteiger partial charge in [-0.3, -0.25) is 0 Å². The molecule has 1 aliphatic heterocycles. The van der Waals surface area contributed by atoms with Crippen LogP contribution < -0.4 is 0 Å². The molecule has 0 aromatic rings. The van der Waals surface area contributed by atoms with Gasteiger partial charge in [0.1, 0.15) is 0 Å². The van der Waals surface area contributed by atoms with Crippen LogP contribution >= 0.6 is 0 Å². The van der Waals surface area contributed by atoms with Crippen molar-refractivity contribution in [3.05, 3.63) is 0 Å². The lowest BCUT2D eigenvalue weighted by molar-refractivity contribution is 0.0478. The van der Waals surface area contributed by atoms with E-state index in [1.807, 2.05) is 0 Å². The third-order valence-corrected chi connectivity index (χ3v) is 6.00. The number of piperidine rings is 1. The summed E-state index contributed by atoms with van der Waals surface area (Å²) < 4.78 is 62.6. The van der Waals surface area contributed by atoms with Gasteiger partial charge in [0.05, 0.1) is 0 Å². The standard InChI is InChI=1S/C11H18F3NO2S/c12-8-11(13,14)18(16,17)15-6-5-9-3-1-2-4-10(9)7-15/h9-10H,1-8H2. The molecule has 0 N–H and O–H groups in total. The number of halogens is 3. The van der Waals surface area contributed by atoms with Crippen LogP contribution in [0.3, 0.4) is 0 Å². The first-order valence-electron chi connectivity index (χ1n) is 6.32. The molecule has 2 atom stereocenters. The third kappa shape index (κ3) is 2.39. The second kappa shape index (κ2) is 5.00. The second-order valence-corrected chi connectivity index (χ2v) is 7.29. The van der Waals surface area contributed by atoms with Crippen molar-refractivity contribution in [1.82, 2.24) is 4.31 Å². The molecular formula is C11H18F3NO2S. The van der Waals surface area contributed by atoms with Crippen molar-refractivity contribution in [2.75, 3.05) is 19.8 Å². The predicted molar refractivity (Wildman–Crippen MR) is 61.5 cm³/mol. The van der Waals surface area contributed by atoms with E-state index in [9.17, 15) is 21.6 Å². The van der Waals surface area contributed by atoms with Crippen molar-refractivity contribution in [2.45, 2.75) is 37.4 Å². The topological polar surface area (TPSA) is 37.4 Å². The van der Waals surface area contributed by atoms with Crippen molar-refractivity contribution < 1.29 is 21.6 Å². The van der Waals surface area contributed by atoms with Crippen molar-refractivity contribution in [3.8, 4) is 0 Å². The van der Waals surface area contributed by atoms with Crippen molar-refractivity contribution in [2.24, 2.45) is 11.8 Å². The van der Waals surface area contributed by atoms with Gasteiger partial charge < -0.3 is 0 Å². The van der Waals surface area contributed by atoms with Gasteiger partial charge in [-0.25, -0.2) is 12.8 Å². The summed E-state index contributed by atoms with van der Waals surface area (Å²) in [6, 6.07) is 0. The molecule has 0 spiro atoms. The first kappa shape index (κ1) is 14.1. The molecule has 2 aliphatic rings. The highest BCUT2D eigenvalue weighted by molar-refractivity contribution is 7.90. The van der Waals surface area contributed by atoms with Gasteiger partial charge in [-0.05, 0) is 24.7 Å². The predicted octanol–water partition coefficient (Wildman–Crippen LogP) is 2.39. The van der Waals surface area contributed by atoms with Gasteiger partial charge in [0, 0.05) is 13.1 Å². The number of hydrogen-bond acceptors (Lipinski definition) is 2. The molecule has 1 aliphatic carbocycles. The highest BCUT2D eigenvalue weighted by Crippen LogP contribution is 2.38. The number of fused-ring (bicyclic) bond motifs is 1. The van der Waals surface area contributed by atoms with E-state index >= 15 is 0 Å². The minimum atomic E-state index is -4.84. The van der Waals surface area contributed by atoms with E-state index in [4.69, 9.17) is 0 Å². The average molecular weight is 285 g/mol. The lowest BCUT2D eigenvalue weighted by atomic mass is 9.76. The lowest BCUT2D eigenvalue weighted by Gasteiger charge is -2.41. The molecule has 0 bridgehead atoms. The summed E-state index contributed by atoms with van der Waals surface area (Å²) in [6.45, 7) is -1.93. The molecule has 7 heteroatoms. The van der Waals surface area contributed by atoms with Crippen LogP contribution in [0.25, 0.3) is 0 Å². The molecule has 2 rings (SSSR count). The first-order chi connectivity index (χ1) is 8.38. The zero-order chi connectivity index (χ0) is 13.4. The van der Waals surface area contributed by atoms with Gasteiger partial charge in [0.15, 0.2) is 6.67 Å². The number of sulfonamides is 1. The average Bonchev–Trinajstić information content (AvgIpc) is 2.37. The largest absolute Gasteiger partial charge is 0.386 e. The van der Waals surface area contributed by atoms with Crippen LogP contribution in [-0.4, -0.2) is 37.7 Å². The minimum Gasteiger partial charge on any atom is -0.243 e. The fourth-order valence-electron chi connectivity index (χ4n) is 3.04. The summed E-state index contributed by atoms with van der Waals surface area (Å²) in [5.74, 6) is 0.613. The maximum Gasteiger partial charge on any atom is 0.386 e. The minimum absolute atomic E-state index is 0.0963. The van der Waals surface area contributed by atoms with Gasteiger partial charge in [0.2, 0.25) is 0 Å². The van der Waals surface area contributed by atoms with E-state index in [0.717, 1.165) is 30.0 Å². The highest BCUT2D eigenvalue weighted by atomic mass is 32.2. The van der Waals surface area contributed by atoms with Crippen LogP contribution in [0.5, 0.6) is 0 Å². The molecule has 1 saturated carbocycles. The molecule has 0 aromatic carbocycles. The quantitative estimate of drug-likeness (QED) is 0.798.